The summed E-state index contributed by atoms with van der Waals surface area (Å²) in [5.41, 5.74) is 0. The zero-order chi connectivity index (χ0) is 12.3. The number of piperidine rings is 1. The van der Waals surface area contributed by atoms with Crippen LogP contribution in [0, 0.1) is 5.92 Å². The van der Waals surface area contributed by atoms with Crippen molar-refractivity contribution in [3.05, 3.63) is 0 Å². The summed E-state index contributed by atoms with van der Waals surface area (Å²) in [4.78, 5) is 14.3. The van der Waals surface area contributed by atoms with Crippen LogP contribution in [0.3, 0.4) is 0 Å². The first-order chi connectivity index (χ1) is 8.18. The highest BCUT2D eigenvalue weighted by molar-refractivity contribution is 5.77. The van der Waals surface area contributed by atoms with Gasteiger partial charge in [-0.2, -0.15) is 0 Å². The molecule has 3 heteroatoms. The summed E-state index contributed by atoms with van der Waals surface area (Å²) in [7, 11) is 0. The maximum absolute atomic E-state index is 12.2. The number of hydrogen-bond donors (Lipinski definition) is 1. The number of hydrogen-bond acceptors (Lipinski definition) is 2. The second kappa shape index (κ2) is 5.85. The number of rotatable bonds is 5. The molecule has 0 aromatic heterocycles. The van der Waals surface area contributed by atoms with E-state index in [2.05, 4.69) is 24.1 Å². The molecule has 0 radical (unpaired) electrons. The molecule has 3 nitrogen and oxygen atoms in total. The lowest BCUT2D eigenvalue weighted by Crippen LogP contribution is -2.39. The summed E-state index contributed by atoms with van der Waals surface area (Å²) >= 11 is 0. The molecule has 1 aliphatic carbocycles. The van der Waals surface area contributed by atoms with E-state index in [4.69, 9.17) is 0 Å². The fraction of sp³-hybridized carbons (Fsp3) is 0.929. The van der Waals surface area contributed by atoms with E-state index < -0.39 is 0 Å². The summed E-state index contributed by atoms with van der Waals surface area (Å²) in [5, 5.41) is 3.38. The molecule has 1 N–H and O–H groups in total. The lowest BCUT2D eigenvalue weighted by atomic mass is 9.93. The number of carbonyl (C=O) groups is 1. The Labute approximate surface area is 105 Å². The second-order valence-corrected chi connectivity index (χ2v) is 5.86. The van der Waals surface area contributed by atoms with E-state index in [1.165, 1.54) is 25.7 Å². The third-order valence-corrected chi connectivity index (χ3v) is 4.01. The smallest absolute Gasteiger partial charge is 0.223 e. The Hall–Kier alpha value is -0.570. The van der Waals surface area contributed by atoms with E-state index in [0.29, 0.717) is 18.0 Å². The summed E-state index contributed by atoms with van der Waals surface area (Å²) < 4.78 is 0. The minimum Gasteiger partial charge on any atom is -0.337 e. The molecular weight excluding hydrogens is 212 g/mol. The molecular formula is C14H26N2O. The molecule has 1 amide bonds. The Bertz CT molecular complexity index is 253. The first-order valence-corrected chi connectivity index (χ1v) is 7.20. The Morgan fingerprint density at radius 1 is 1.24 bits per heavy atom. The molecule has 0 unspecified atom stereocenters. The molecule has 2 rings (SSSR count). The summed E-state index contributed by atoms with van der Waals surface area (Å²) in [5.74, 6) is 1.16. The van der Waals surface area contributed by atoms with E-state index in [9.17, 15) is 4.79 Å². The fourth-order valence-electron chi connectivity index (χ4n) is 2.89. The van der Waals surface area contributed by atoms with Gasteiger partial charge in [-0.25, -0.2) is 0 Å². The first-order valence-electron chi connectivity index (χ1n) is 7.20. The van der Waals surface area contributed by atoms with Crippen LogP contribution in [0.1, 0.15) is 52.4 Å². The normalized spacial score (nSPS) is 21.8. The van der Waals surface area contributed by atoms with Gasteiger partial charge in [-0.1, -0.05) is 0 Å². The predicted octanol–water partition coefficient (Wildman–Crippen LogP) is 2.17. The molecule has 0 bridgehead atoms. The highest BCUT2D eigenvalue weighted by Crippen LogP contribution is 2.30. The Morgan fingerprint density at radius 3 is 2.41 bits per heavy atom. The summed E-state index contributed by atoms with van der Waals surface area (Å²) in [6.45, 7) is 6.55. The van der Waals surface area contributed by atoms with Crippen LogP contribution in [-0.2, 0) is 4.79 Å². The molecule has 0 atom stereocenters. The largest absolute Gasteiger partial charge is 0.337 e. The van der Waals surface area contributed by atoms with Crippen molar-refractivity contribution in [2.24, 2.45) is 5.92 Å². The van der Waals surface area contributed by atoms with Gasteiger partial charge in [0.25, 0.3) is 0 Å². The molecule has 1 aliphatic heterocycles. The zero-order valence-electron chi connectivity index (χ0n) is 11.2. The van der Waals surface area contributed by atoms with Crippen molar-refractivity contribution in [2.45, 2.75) is 64.5 Å². The second-order valence-electron chi connectivity index (χ2n) is 5.86. The lowest BCUT2D eigenvalue weighted by Gasteiger charge is -2.28. The van der Waals surface area contributed by atoms with Crippen molar-refractivity contribution in [1.29, 1.82) is 0 Å². The van der Waals surface area contributed by atoms with E-state index in [-0.39, 0.29) is 0 Å². The van der Waals surface area contributed by atoms with Crippen molar-refractivity contribution >= 4 is 5.91 Å². The van der Waals surface area contributed by atoms with Gasteiger partial charge in [-0.15, -0.1) is 0 Å². The molecule has 98 valence electrons. The van der Waals surface area contributed by atoms with Gasteiger partial charge in [-0.05, 0) is 65.0 Å². The quantitative estimate of drug-likeness (QED) is 0.796. The van der Waals surface area contributed by atoms with Crippen LogP contribution in [0.2, 0.25) is 0 Å². The van der Waals surface area contributed by atoms with Gasteiger partial charge in [0.1, 0.15) is 0 Å². The average molecular weight is 238 g/mol. The van der Waals surface area contributed by atoms with Crippen molar-refractivity contribution in [2.75, 3.05) is 13.1 Å². The average Bonchev–Trinajstić information content (AvgIpc) is 3.12. The van der Waals surface area contributed by atoms with Gasteiger partial charge < -0.3 is 10.2 Å². The minimum atomic E-state index is 0.378. The molecule has 2 aliphatic rings. The standard InChI is InChI=1S/C14H26N2O/c1-11(2)16(13-4-5-13)14(17)6-3-12-7-9-15-10-8-12/h11-13,15H,3-10H2,1-2H3. The van der Waals surface area contributed by atoms with E-state index in [1.54, 1.807) is 0 Å². The number of nitrogens with one attached hydrogen (secondary N) is 1. The minimum absolute atomic E-state index is 0.378. The maximum atomic E-state index is 12.2. The lowest BCUT2D eigenvalue weighted by molar-refractivity contribution is -0.133. The van der Waals surface area contributed by atoms with E-state index in [0.717, 1.165) is 31.8 Å². The van der Waals surface area contributed by atoms with Gasteiger partial charge in [-0.3, -0.25) is 4.79 Å². The highest BCUT2D eigenvalue weighted by Gasteiger charge is 2.34. The third kappa shape index (κ3) is 3.70. The first kappa shape index (κ1) is 12.9. The molecule has 0 aromatic carbocycles. The van der Waals surface area contributed by atoms with E-state index >= 15 is 0 Å². The maximum Gasteiger partial charge on any atom is 0.223 e. The SMILES string of the molecule is CC(C)N(C(=O)CCC1CCNCC1)C1CC1. The summed E-state index contributed by atoms with van der Waals surface area (Å²) in [6, 6.07) is 0.943. The van der Waals surface area contributed by atoms with Crippen LogP contribution < -0.4 is 5.32 Å². The molecule has 1 saturated carbocycles. The topological polar surface area (TPSA) is 32.3 Å². The summed E-state index contributed by atoms with van der Waals surface area (Å²) in [6.07, 6.45) is 6.79. The van der Waals surface area contributed by atoms with Crippen LogP contribution >= 0.6 is 0 Å². The Kier molecular flexibility index (Phi) is 4.43. The van der Waals surface area contributed by atoms with Crippen molar-refractivity contribution in [1.82, 2.24) is 10.2 Å². The third-order valence-electron chi connectivity index (χ3n) is 4.01. The van der Waals surface area contributed by atoms with Crippen LogP contribution in [0.4, 0.5) is 0 Å². The monoisotopic (exact) mass is 238 g/mol. The van der Waals surface area contributed by atoms with Gasteiger partial charge in [0.05, 0.1) is 0 Å². The molecule has 1 saturated heterocycles. The van der Waals surface area contributed by atoms with Gasteiger partial charge >= 0.3 is 0 Å². The zero-order valence-corrected chi connectivity index (χ0v) is 11.2. The van der Waals surface area contributed by atoms with Crippen LogP contribution in [0.15, 0.2) is 0 Å². The predicted molar refractivity (Wildman–Crippen MR) is 69.8 cm³/mol. The fourth-order valence-corrected chi connectivity index (χ4v) is 2.89. The molecule has 17 heavy (non-hydrogen) atoms. The molecule has 1 heterocycles. The van der Waals surface area contributed by atoms with Gasteiger partial charge in [0, 0.05) is 18.5 Å². The van der Waals surface area contributed by atoms with Crippen molar-refractivity contribution in [3.8, 4) is 0 Å². The van der Waals surface area contributed by atoms with Gasteiger partial charge in [0.15, 0.2) is 0 Å². The highest BCUT2D eigenvalue weighted by atomic mass is 16.2. The van der Waals surface area contributed by atoms with Crippen LogP contribution in [-0.4, -0.2) is 36.0 Å². The molecule has 0 spiro atoms. The van der Waals surface area contributed by atoms with E-state index in [1.807, 2.05) is 0 Å². The molecule has 0 aromatic rings. The number of carbonyl (C=O) groups excluding carboxylic acids is 1. The van der Waals surface area contributed by atoms with Gasteiger partial charge in [0.2, 0.25) is 5.91 Å². The Balaban J connectivity index is 1.74. The number of amides is 1. The van der Waals surface area contributed by atoms with Crippen molar-refractivity contribution in [3.63, 3.8) is 0 Å². The Morgan fingerprint density at radius 2 is 1.88 bits per heavy atom. The van der Waals surface area contributed by atoms with Crippen LogP contribution in [0.25, 0.3) is 0 Å². The number of nitrogens with zero attached hydrogens (tertiary/aromatic N) is 1. The molecule has 2 fully saturated rings. The van der Waals surface area contributed by atoms with Crippen LogP contribution in [0.5, 0.6) is 0 Å². The van der Waals surface area contributed by atoms with Crippen molar-refractivity contribution < 1.29 is 4.79 Å².